The van der Waals surface area contributed by atoms with Gasteiger partial charge in [-0.25, -0.2) is 0 Å². The van der Waals surface area contributed by atoms with Crippen LogP contribution in [0.3, 0.4) is 0 Å². The predicted molar refractivity (Wildman–Crippen MR) is 106 cm³/mol. The molecule has 144 valence electrons. The van der Waals surface area contributed by atoms with Gasteiger partial charge in [-0.2, -0.15) is 0 Å². The van der Waals surface area contributed by atoms with Gasteiger partial charge in [-0.05, 0) is 36.2 Å². The van der Waals surface area contributed by atoms with E-state index in [0.29, 0.717) is 35.2 Å². The van der Waals surface area contributed by atoms with Crippen LogP contribution in [-0.4, -0.2) is 39.1 Å². The summed E-state index contributed by atoms with van der Waals surface area (Å²) in [6, 6.07) is 12.6. The highest BCUT2D eigenvalue weighted by Gasteiger charge is 2.20. The van der Waals surface area contributed by atoms with Crippen LogP contribution in [0.4, 0.5) is 5.69 Å². The van der Waals surface area contributed by atoms with E-state index in [4.69, 9.17) is 21.1 Å². The lowest BCUT2D eigenvalue weighted by molar-refractivity contribution is -0.123. The van der Waals surface area contributed by atoms with Crippen molar-refractivity contribution in [3.63, 3.8) is 0 Å². The van der Waals surface area contributed by atoms with E-state index in [1.807, 2.05) is 18.2 Å². The fraction of sp³-hybridized carbons (Fsp3) is 0.300. The monoisotopic (exact) mass is 390 g/mol. The third-order valence-corrected chi connectivity index (χ3v) is 4.22. The SMILES string of the molecule is COc1ccc(OC)c(N(CC(=O)NCCc2cccc(Cl)c2)C(C)=O)c1. The van der Waals surface area contributed by atoms with Gasteiger partial charge in [0.15, 0.2) is 0 Å². The topological polar surface area (TPSA) is 67.9 Å². The lowest BCUT2D eigenvalue weighted by atomic mass is 10.1. The van der Waals surface area contributed by atoms with Crippen LogP contribution >= 0.6 is 11.6 Å². The van der Waals surface area contributed by atoms with Crippen molar-refractivity contribution in [2.75, 3.05) is 32.2 Å². The first kappa shape index (κ1) is 20.6. The molecule has 7 heteroatoms. The molecule has 0 atom stereocenters. The number of nitrogens with one attached hydrogen (secondary N) is 1. The summed E-state index contributed by atoms with van der Waals surface area (Å²) < 4.78 is 10.5. The first-order valence-corrected chi connectivity index (χ1v) is 8.83. The molecule has 0 unspecified atom stereocenters. The number of rotatable bonds is 8. The Bertz CT molecular complexity index is 810. The number of carbonyl (C=O) groups excluding carboxylic acids is 2. The van der Waals surface area contributed by atoms with E-state index in [-0.39, 0.29) is 18.4 Å². The first-order valence-electron chi connectivity index (χ1n) is 8.46. The Morgan fingerprint density at radius 1 is 1.11 bits per heavy atom. The van der Waals surface area contributed by atoms with Gasteiger partial charge in [0, 0.05) is 24.6 Å². The quantitative estimate of drug-likeness (QED) is 0.752. The van der Waals surface area contributed by atoms with E-state index >= 15 is 0 Å². The lowest BCUT2D eigenvalue weighted by Gasteiger charge is -2.23. The summed E-state index contributed by atoms with van der Waals surface area (Å²) in [5.74, 6) is 0.514. The summed E-state index contributed by atoms with van der Waals surface area (Å²) in [4.78, 5) is 25.8. The van der Waals surface area contributed by atoms with Gasteiger partial charge in [0.1, 0.15) is 18.0 Å². The third kappa shape index (κ3) is 5.89. The minimum Gasteiger partial charge on any atom is -0.497 e. The van der Waals surface area contributed by atoms with E-state index in [1.54, 1.807) is 24.3 Å². The van der Waals surface area contributed by atoms with Crippen LogP contribution in [0.5, 0.6) is 11.5 Å². The van der Waals surface area contributed by atoms with E-state index in [0.717, 1.165) is 5.56 Å². The molecule has 0 spiro atoms. The molecule has 0 saturated heterocycles. The van der Waals surface area contributed by atoms with Gasteiger partial charge in [0.25, 0.3) is 0 Å². The standard InChI is InChI=1S/C20H23ClN2O4/c1-14(24)23(18-12-17(26-2)7-8-19(18)27-3)13-20(25)22-10-9-15-5-4-6-16(21)11-15/h4-8,11-12H,9-10,13H2,1-3H3,(H,22,25). The fourth-order valence-electron chi connectivity index (χ4n) is 2.61. The van der Waals surface area contributed by atoms with Crippen LogP contribution in [-0.2, 0) is 16.0 Å². The molecule has 2 amide bonds. The van der Waals surface area contributed by atoms with E-state index in [9.17, 15) is 9.59 Å². The second kappa shape index (κ2) is 9.83. The smallest absolute Gasteiger partial charge is 0.240 e. The highest BCUT2D eigenvalue weighted by atomic mass is 35.5. The Hall–Kier alpha value is -2.73. The normalized spacial score (nSPS) is 10.2. The molecule has 0 aliphatic rings. The Labute approximate surface area is 164 Å². The molecule has 0 radical (unpaired) electrons. The van der Waals surface area contributed by atoms with Crippen molar-refractivity contribution in [3.8, 4) is 11.5 Å². The number of nitrogens with zero attached hydrogens (tertiary/aromatic N) is 1. The maximum Gasteiger partial charge on any atom is 0.240 e. The van der Waals surface area contributed by atoms with Crippen molar-refractivity contribution < 1.29 is 19.1 Å². The molecule has 2 aromatic rings. The Morgan fingerprint density at radius 3 is 2.52 bits per heavy atom. The van der Waals surface area contributed by atoms with E-state index in [1.165, 1.54) is 26.0 Å². The molecule has 6 nitrogen and oxygen atoms in total. The Kier molecular flexibility index (Phi) is 7.49. The molecular weight excluding hydrogens is 368 g/mol. The predicted octanol–water partition coefficient (Wildman–Crippen LogP) is 3.07. The van der Waals surface area contributed by atoms with Crippen molar-refractivity contribution in [1.29, 1.82) is 0 Å². The number of amides is 2. The number of carbonyl (C=O) groups is 2. The number of anilines is 1. The van der Waals surface area contributed by atoms with Crippen molar-refractivity contribution in [2.24, 2.45) is 0 Å². The number of benzene rings is 2. The lowest BCUT2D eigenvalue weighted by Crippen LogP contribution is -2.40. The molecule has 0 saturated carbocycles. The Morgan fingerprint density at radius 2 is 1.89 bits per heavy atom. The van der Waals surface area contributed by atoms with Crippen LogP contribution in [0.2, 0.25) is 5.02 Å². The van der Waals surface area contributed by atoms with Gasteiger partial charge in [-0.1, -0.05) is 23.7 Å². The van der Waals surface area contributed by atoms with Crippen molar-refractivity contribution in [1.82, 2.24) is 5.32 Å². The molecule has 0 fully saturated rings. The Balaban J connectivity index is 2.03. The van der Waals surface area contributed by atoms with Crippen molar-refractivity contribution >= 4 is 29.1 Å². The number of methoxy groups -OCH3 is 2. The molecule has 0 heterocycles. The number of hydrogen-bond acceptors (Lipinski definition) is 4. The van der Waals surface area contributed by atoms with E-state index in [2.05, 4.69) is 5.32 Å². The van der Waals surface area contributed by atoms with Crippen LogP contribution in [0.1, 0.15) is 12.5 Å². The molecule has 2 aromatic carbocycles. The average molecular weight is 391 g/mol. The van der Waals surface area contributed by atoms with Gasteiger partial charge in [0.05, 0.1) is 19.9 Å². The van der Waals surface area contributed by atoms with Gasteiger partial charge >= 0.3 is 0 Å². The molecule has 27 heavy (non-hydrogen) atoms. The molecule has 0 bridgehead atoms. The van der Waals surface area contributed by atoms with Crippen molar-refractivity contribution in [2.45, 2.75) is 13.3 Å². The minimum atomic E-state index is -0.272. The van der Waals surface area contributed by atoms with Crippen LogP contribution in [0, 0.1) is 0 Å². The molecular formula is C20H23ClN2O4. The van der Waals surface area contributed by atoms with Gasteiger partial charge in [-0.3, -0.25) is 14.5 Å². The fourth-order valence-corrected chi connectivity index (χ4v) is 2.82. The van der Waals surface area contributed by atoms with E-state index < -0.39 is 0 Å². The number of ether oxygens (including phenoxy) is 2. The van der Waals surface area contributed by atoms with Crippen LogP contribution < -0.4 is 19.7 Å². The first-order chi connectivity index (χ1) is 12.9. The zero-order chi connectivity index (χ0) is 19.8. The van der Waals surface area contributed by atoms with Gasteiger partial charge in [-0.15, -0.1) is 0 Å². The molecule has 0 aliphatic heterocycles. The second-order valence-electron chi connectivity index (χ2n) is 5.87. The molecule has 0 aliphatic carbocycles. The summed E-state index contributed by atoms with van der Waals surface area (Å²) in [5, 5.41) is 3.48. The minimum absolute atomic E-state index is 0.117. The van der Waals surface area contributed by atoms with Gasteiger partial charge in [0.2, 0.25) is 11.8 Å². The summed E-state index contributed by atoms with van der Waals surface area (Å²) in [7, 11) is 3.04. The maximum atomic E-state index is 12.3. The second-order valence-corrected chi connectivity index (χ2v) is 6.31. The highest BCUT2D eigenvalue weighted by molar-refractivity contribution is 6.30. The number of halogens is 1. The average Bonchev–Trinajstić information content (AvgIpc) is 2.65. The zero-order valence-electron chi connectivity index (χ0n) is 15.6. The van der Waals surface area contributed by atoms with Gasteiger partial charge < -0.3 is 14.8 Å². The highest BCUT2D eigenvalue weighted by Crippen LogP contribution is 2.32. The molecule has 2 rings (SSSR count). The summed E-state index contributed by atoms with van der Waals surface area (Å²) in [6.45, 7) is 1.73. The van der Waals surface area contributed by atoms with Crippen molar-refractivity contribution in [3.05, 3.63) is 53.1 Å². The molecule has 0 aromatic heterocycles. The summed E-state index contributed by atoms with van der Waals surface area (Å²) in [5.41, 5.74) is 1.51. The largest absolute Gasteiger partial charge is 0.497 e. The number of hydrogen-bond donors (Lipinski definition) is 1. The molecule has 1 N–H and O–H groups in total. The summed E-state index contributed by atoms with van der Waals surface area (Å²) in [6.07, 6.45) is 0.648. The zero-order valence-corrected chi connectivity index (χ0v) is 16.4. The third-order valence-electron chi connectivity index (χ3n) is 3.98. The van der Waals surface area contributed by atoms with Crippen LogP contribution in [0.15, 0.2) is 42.5 Å². The van der Waals surface area contributed by atoms with Crippen LogP contribution in [0.25, 0.3) is 0 Å². The maximum absolute atomic E-state index is 12.3. The summed E-state index contributed by atoms with van der Waals surface area (Å²) >= 11 is 5.96.